The monoisotopic (exact) mass is 394 g/mol. The minimum atomic E-state index is -0.221. The summed E-state index contributed by atoms with van der Waals surface area (Å²) in [6, 6.07) is 11.9. The smallest absolute Gasteiger partial charge is 0.313 e. The number of ether oxygens (including phenoxy) is 2. The maximum atomic E-state index is 11.7. The number of hydrogen-bond donors (Lipinski definition) is 0. The van der Waals surface area contributed by atoms with Crippen LogP contribution in [0.15, 0.2) is 36.4 Å². The van der Waals surface area contributed by atoms with Gasteiger partial charge in [0.25, 0.3) is 0 Å². The molecule has 108 valence electrons. The minimum absolute atomic E-state index is 0.139. The molecule has 0 saturated carbocycles. The molecule has 0 spiro atoms. The second-order valence-electron chi connectivity index (χ2n) is 5.32. The Hall–Kier alpha value is -1.56. The number of rotatable bonds is 2. The number of carbonyl (C=O) groups is 1. The van der Waals surface area contributed by atoms with E-state index in [-0.39, 0.29) is 11.9 Å². The van der Waals surface area contributed by atoms with Crippen LogP contribution in [0, 0.1) is 9.49 Å². The predicted molar refractivity (Wildman–Crippen MR) is 89.4 cm³/mol. The van der Waals surface area contributed by atoms with Gasteiger partial charge < -0.3 is 9.47 Å². The van der Waals surface area contributed by atoms with Gasteiger partial charge in [-0.05, 0) is 58.5 Å². The second-order valence-corrected chi connectivity index (χ2v) is 6.57. The zero-order valence-corrected chi connectivity index (χ0v) is 14.0. The first-order valence-corrected chi connectivity index (χ1v) is 7.90. The molecule has 3 nitrogen and oxygen atoms in total. The maximum Gasteiger partial charge on any atom is 0.313 e. The number of benzene rings is 2. The molecule has 0 aromatic heterocycles. The molecule has 1 aliphatic heterocycles. The number of carbonyl (C=O) groups excluding carboxylic acids is 1. The van der Waals surface area contributed by atoms with E-state index in [1.807, 2.05) is 38.1 Å². The molecule has 0 bridgehead atoms. The lowest BCUT2D eigenvalue weighted by molar-refractivity contribution is -0.137. The van der Waals surface area contributed by atoms with Gasteiger partial charge in [-0.3, -0.25) is 4.79 Å². The number of hydrogen-bond acceptors (Lipinski definition) is 3. The summed E-state index contributed by atoms with van der Waals surface area (Å²) < 4.78 is 12.3. The summed E-state index contributed by atoms with van der Waals surface area (Å²) in [5.74, 6) is 1.12. The standard InChI is InChI=1S/C17H15IO3/c1-10(2)17(19)21-13-4-6-14-11(7-13)9-20-16-8-12(18)3-5-15(14)16/h3-8,10H,9H2,1-2H3. The Morgan fingerprint density at radius 1 is 1.19 bits per heavy atom. The van der Waals surface area contributed by atoms with Gasteiger partial charge in [-0.25, -0.2) is 0 Å². The first kappa shape index (κ1) is 14.4. The Morgan fingerprint density at radius 2 is 1.95 bits per heavy atom. The van der Waals surface area contributed by atoms with E-state index >= 15 is 0 Å². The third-order valence-electron chi connectivity index (χ3n) is 3.38. The van der Waals surface area contributed by atoms with Crippen LogP contribution in [0.3, 0.4) is 0 Å². The molecular formula is C17H15IO3. The van der Waals surface area contributed by atoms with Crippen molar-refractivity contribution in [2.24, 2.45) is 5.92 Å². The van der Waals surface area contributed by atoms with Crippen molar-refractivity contribution in [3.8, 4) is 22.6 Å². The van der Waals surface area contributed by atoms with Crippen molar-refractivity contribution < 1.29 is 14.3 Å². The normalized spacial score (nSPS) is 12.4. The fraction of sp³-hybridized carbons (Fsp3) is 0.235. The van der Waals surface area contributed by atoms with E-state index in [1.54, 1.807) is 0 Å². The van der Waals surface area contributed by atoms with Crippen molar-refractivity contribution in [2.75, 3.05) is 0 Å². The Bertz CT molecular complexity index is 707. The SMILES string of the molecule is CC(C)C(=O)Oc1ccc2c(c1)COc1cc(I)ccc1-2. The average molecular weight is 394 g/mol. The summed E-state index contributed by atoms with van der Waals surface area (Å²) in [6.45, 7) is 4.14. The second kappa shape index (κ2) is 5.67. The van der Waals surface area contributed by atoms with Gasteiger partial charge in [-0.1, -0.05) is 19.9 Å². The molecule has 0 N–H and O–H groups in total. The molecule has 0 saturated heterocycles. The fourth-order valence-electron chi connectivity index (χ4n) is 2.24. The van der Waals surface area contributed by atoms with Crippen LogP contribution in [0.1, 0.15) is 19.4 Å². The zero-order chi connectivity index (χ0) is 15.0. The molecule has 2 aromatic carbocycles. The summed E-state index contributed by atoms with van der Waals surface area (Å²) in [6.07, 6.45) is 0. The van der Waals surface area contributed by atoms with E-state index < -0.39 is 0 Å². The Morgan fingerprint density at radius 3 is 2.71 bits per heavy atom. The van der Waals surface area contributed by atoms with Crippen LogP contribution >= 0.6 is 22.6 Å². The van der Waals surface area contributed by atoms with Crippen LogP contribution in [0.4, 0.5) is 0 Å². The lowest BCUT2D eigenvalue weighted by atomic mass is 9.97. The van der Waals surface area contributed by atoms with E-state index in [0.29, 0.717) is 12.4 Å². The van der Waals surface area contributed by atoms with Crippen LogP contribution in [0.2, 0.25) is 0 Å². The summed E-state index contributed by atoms with van der Waals surface area (Å²) in [5, 5.41) is 0. The lowest BCUT2D eigenvalue weighted by Crippen LogP contribution is -2.15. The highest BCUT2D eigenvalue weighted by Crippen LogP contribution is 2.39. The molecule has 2 aromatic rings. The molecule has 4 heteroatoms. The molecule has 0 fully saturated rings. The van der Waals surface area contributed by atoms with Crippen LogP contribution in [0.25, 0.3) is 11.1 Å². The summed E-state index contributed by atoms with van der Waals surface area (Å²) in [7, 11) is 0. The van der Waals surface area contributed by atoms with Crippen molar-refractivity contribution in [3.63, 3.8) is 0 Å². The summed E-state index contributed by atoms with van der Waals surface area (Å²) in [4.78, 5) is 11.7. The van der Waals surface area contributed by atoms with Gasteiger partial charge in [-0.15, -0.1) is 0 Å². The van der Waals surface area contributed by atoms with E-state index in [2.05, 4.69) is 34.7 Å². The highest BCUT2D eigenvalue weighted by Gasteiger charge is 2.19. The van der Waals surface area contributed by atoms with Crippen LogP contribution in [-0.2, 0) is 11.4 Å². The quantitative estimate of drug-likeness (QED) is 0.430. The first-order chi connectivity index (χ1) is 10.0. The average Bonchev–Trinajstić information content (AvgIpc) is 2.46. The number of halogens is 1. The lowest BCUT2D eigenvalue weighted by Gasteiger charge is -2.21. The van der Waals surface area contributed by atoms with Gasteiger partial charge in [0.05, 0.1) is 5.92 Å². The molecule has 0 aliphatic carbocycles. The Kier molecular flexibility index (Phi) is 3.89. The van der Waals surface area contributed by atoms with Crippen molar-refractivity contribution in [2.45, 2.75) is 20.5 Å². The third kappa shape index (κ3) is 2.90. The number of esters is 1. The first-order valence-electron chi connectivity index (χ1n) is 6.82. The predicted octanol–water partition coefficient (Wildman–Crippen LogP) is 4.41. The highest BCUT2D eigenvalue weighted by molar-refractivity contribution is 14.1. The van der Waals surface area contributed by atoms with Crippen LogP contribution in [0.5, 0.6) is 11.5 Å². The van der Waals surface area contributed by atoms with E-state index in [9.17, 15) is 4.79 Å². The van der Waals surface area contributed by atoms with Gasteiger partial charge in [-0.2, -0.15) is 0 Å². The Balaban J connectivity index is 1.95. The van der Waals surface area contributed by atoms with Gasteiger partial charge >= 0.3 is 5.97 Å². The topological polar surface area (TPSA) is 35.5 Å². The molecule has 0 atom stereocenters. The van der Waals surface area contributed by atoms with Crippen molar-refractivity contribution >= 4 is 28.6 Å². The largest absolute Gasteiger partial charge is 0.488 e. The van der Waals surface area contributed by atoms with Gasteiger partial charge in [0.2, 0.25) is 0 Å². The molecule has 3 rings (SSSR count). The van der Waals surface area contributed by atoms with Crippen LogP contribution < -0.4 is 9.47 Å². The van der Waals surface area contributed by atoms with Crippen molar-refractivity contribution in [1.29, 1.82) is 0 Å². The molecular weight excluding hydrogens is 379 g/mol. The van der Waals surface area contributed by atoms with Gasteiger partial charge in [0, 0.05) is 14.7 Å². The Labute approximate surface area is 137 Å². The fourth-order valence-corrected chi connectivity index (χ4v) is 2.71. The van der Waals surface area contributed by atoms with Gasteiger partial charge in [0.15, 0.2) is 0 Å². The van der Waals surface area contributed by atoms with E-state index in [1.165, 1.54) is 0 Å². The van der Waals surface area contributed by atoms with Crippen molar-refractivity contribution in [1.82, 2.24) is 0 Å². The molecule has 21 heavy (non-hydrogen) atoms. The summed E-state index contributed by atoms with van der Waals surface area (Å²) >= 11 is 2.27. The zero-order valence-electron chi connectivity index (χ0n) is 11.9. The molecule has 1 aliphatic rings. The summed E-state index contributed by atoms with van der Waals surface area (Å²) in [5.41, 5.74) is 3.26. The maximum absolute atomic E-state index is 11.7. The molecule has 1 heterocycles. The highest BCUT2D eigenvalue weighted by atomic mass is 127. The molecule has 0 unspecified atom stereocenters. The van der Waals surface area contributed by atoms with E-state index in [4.69, 9.17) is 9.47 Å². The molecule has 0 radical (unpaired) electrons. The third-order valence-corrected chi connectivity index (χ3v) is 4.05. The van der Waals surface area contributed by atoms with Crippen molar-refractivity contribution in [3.05, 3.63) is 45.5 Å². The minimum Gasteiger partial charge on any atom is -0.488 e. The van der Waals surface area contributed by atoms with Gasteiger partial charge in [0.1, 0.15) is 18.1 Å². The molecule has 0 amide bonds. The number of fused-ring (bicyclic) bond motifs is 3. The van der Waals surface area contributed by atoms with E-state index in [0.717, 1.165) is 26.0 Å². The van der Waals surface area contributed by atoms with Crippen LogP contribution in [-0.4, -0.2) is 5.97 Å².